The molecule has 0 aromatic rings. The van der Waals surface area contributed by atoms with Crippen LogP contribution in [0.3, 0.4) is 0 Å². The lowest BCUT2D eigenvalue weighted by molar-refractivity contribution is -0.152. The minimum Gasteiger partial charge on any atom is -0.464 e. The van der Waals surface area contributed by atoms with Gasteiger partial charge in [-0.1, -0.05) is 13.3 Å². The fourth-order valence-electron chi connectivity index (χ4n) is 1.25. The minimum absolute atomic E-state index is 0.183. The van der Waals surface area contributed by atoms with Gasteiger partial charge in [0.15, 0.2) is 0 Å². The van der Waals surface area contributed by atoms with E-state index in [1.165, 1.54) is 13.8 Å². The molecule has 6 heteroatoms. The van der Waals surface area contributed by atoms with E-state index in [9.17, 15) is 9.59 Å². The van der Waals surface area contributed by atoms with E-state index in [4.69, 9.17) is 14.9 Å². The number of hydrogen-bond donors (Lipinski definition) is 2. The number of esters is 2. The van der Waals surface area contributed by atoms with E-state index in [2.05, 4.69) is 4.74 Å². The molecule has 20 heavy (non-hydrogen) atoms. The van der Waals surface area contributed by atoms with Crippen LogP contribution in [0.5, 0.6) is 0 Å². The molecular weight excluding hydrogens is 264 g/mol. The lowest BCUT2D eigenvalue weighted by atomic mass is 10.2. The summed E-state index contributed by atoms with van der Waals surface area (Å²) in [6.07, 6.45) is 0.772. The number of aliphatic hydroxyl groups is 2. The van der Waals surface area contributed by atoms with Crippen LogP contribution >= 0.6 is 0 Å². The molecule has 0 aromatic heterocycles. The van der Waals surface area contributed by atoms with Gasteiger partial charge < -0.3 is 19.7 Å². The third kappa shape index (κ3) is 16.9. The molecule has 0 heterocycles. The average Bonchev–Trinajstić information content (AvgIpc) is 2.27. The Bertz CT molecular complexity index is 262. The molecule has 0 aliphatic heterocycles. The summed E-state index contributed by atoms with van der Waals surface area (Å²) in [6, 6.07) is 0. The Morgan fingerprint density at radius 1 is 1.15 bits per heavy atom. The highest BCUT2D eigenvalue weighted by molar-refractivity contribution is 5.73. The van der Waals surface area contributed by atoms with Crippen LogP contribution in [-0.4, -0.2) is 47.1 Å². The summed E-state index contributed by atoms with van der Waals surface area (Å²) in [4.78, 5) is 20.9. The molecule has 0 aromatic carbocycles. The summed E-state index contributed by atoms with van der Waals surface area (Å²) in [5.41, 5.74) is 0. The molecule has 3 unspecified atom stereocenters. The topological polar surface area (TPSA) is 93.1 Å². The van der Waals surface area contributed by atoms with Crippen LogP contribution in [-0.2, 0) is 19.1 Å². The first kappa shape index (κ1) is 21.2. The molecule has 6 nitrogen and oxygen atoms in total. The summed E-state index contributed by atoms with van der Waals surface area (Å²) in [6.45, 7) is 8.61. The Hall–Kier alpha value is -1.14. The Balaban J connectivity index is 0. The summed E-state index contributed by atoms with van der Waals surface area (Å²) in [7, 11) is 0. The van der Waals surface area contributed by atoms with Crippen LogP contribution in [0.2, 0.25) is 0 Å². The predicted molar refractivity (Wildman–Crippen MR) is 75.1 cm³/mol. The van der Waals surface area contributed by atoms with Gasteiger partial charge in [0.1, 0.15) is 12.2 Å². The van der Waals surface area contributed by atoms with Crippen molar-refractivity contribution >= 4 is 11.9 Å². The molecule has 2 N–H and O–H groups in total. The highest BCUT2D eigenvalue weighted by atomic mass is 16.5. The van der Waals surface area contributed by atoms with E-state index >= 15 is 0 Å². The molecule has 0 saturated heterocycles. The molecule has 0 spiro atoms. The molecule has 3 atom stereocenters. The Kier molecular flexibility index (Phi) is 13.6. The molecule has 0 saturated carbocycles. The van der Waals surface area contributed by atoms with Gasteiger partial charge in [-0.15, -0.1) is 0 Å². The number of unbranched alkanes of at least 4 members (excludes halogenated alkanes) is 1. The highest BCUT2D eigenvalue weighted by Gasteiger charge is 2.08. The van der Waals surface area contributed by atoms with E-state index in [0.29, 0.717) is 13.0 Å². The van der Waals surface area contributed by atoms with Gasteiger partial charge in [0.25, 0.3) is 0 Å². The van der Waals surface area contributed by atoms with Crippen molar-refractivity contribution in [2.24, 2.45) is 0 Å². The van der Waals surface area contributed by atoms with Gasteiger partial charge in [-0.05, 0) is 27.2 Å². The molecule has 0 bridgehead atoms. The van der Waals surface area contributed by atoms with Crippen LogP contribution in [0.25, 0.3) is 0 Å². The fraction of sp³-hybridized carbons (Fsp3) is 0.857. The van der Waals surface area contributed by atoms with Crippen molar-refractivity contribution in [1.29, 1.82) is 0 Å². The zero-order valence-corrected chi connectivity index (χ0v) is 13.1. The second kappa shape index (κ2) is 12.9. The zero-order chi connectivity index (χ0) is 16.1. The number of ether oxygens (including phenoxy) is 2. The van der Waals surface area contributed by atoms with E-state index < -0.39 is 18.2 Å². The quantitative estimate of drug-likeness (QED) is 0.544. The van der Waals surface area contributed by atoms with Crippen molar-refractivity contribution in [3.05, 3.63) is 0 Å². The molecular formula is C14H28O6. The first-order chi connectivity index (χ1) is 9.20. The molecule has 0 radical (unpaired) electrons. The van der Waals surface area contributed by atoms with Gasteiger partial charge >= 0.3 is 11.9 Å². The largest absolute Gasteiger partial charge is 0.464 e. The Labute approximate surface area is 121 Å². The van der Waals surface area contributed by atoms with Crippen LogP contribution < -0.4 is 0 Å². The normalized spacial score (nSPS) is 14.3. The molecule has 0 fully saturated rings. The fourth-order valence-corrected chi connectivity index (χ4v) is 1.25. The summed E-state index contributed by atoms with van der Waals surface area (Å²) in [5.74, 6) is -0.832. The van der Waals surface area contributed by atoms with Crippen molar-refractivity contribution in [3.8, 4) is 0 Å². The highest BCUT2D eigenvalue weighted by Crippen LogP contribution is 2.01. The monoisotopic (exact) mass is 292 g/mol. The second-order valence-corrected chi connectivity index (χ2v) is 4.70. The molecule has 120 valence electrons. The number of aliphatic hydroxyl groups excluding tert-OH is 2. The smallest absolute Gasteiger partial charge is 0.334 e. The van der Waals surface area contributed by atoms with Crippen molar-refractivity contribution in [3.63, 3.8) is 0 Å². The van der Waals surface area contributed by atoms with E-state index in [-0.39, 0.29) is 12.1 Å². The van der Waals surface area contributed by atoms with Crippen LogP contribution in [0, 0.1) is 0 Å². The molecule has 0 rings (SSSR count). The van der Waals surface area contributed by atoms with Gasteiger partial charge in [-0.3, -0.25) is 4.79 Å². The van der Waals surface area contributed by atoms with Gasteiger partial charge in [-0.25, -0.2) is 4.79 Å². The van der Waals surface area contributed by atoms with Gasteiger partial charge in [0.05, 0.1) is 12.7 Å². The number of rotatable bonds is 7. The summed E-state index contributed by atoms with van der Waals surface area (Å²) >= 11 is 0. The number of carbonyl (C=O) groups excluding carboxylic acids is 2. The van der Waals surface area contributed by atoms with Crippen LogP contribution in [0.1, 0.15) is 53.9 Å². The molecule has 0 aliphatic rings. The third-order valence-electron chi connectivity index (χ3n) is 2.12. The Morgan fingerprint density at radius 2 is 1.70 bits per heavy atom. The second-order valence-electron chi connectivity index (χ2n) is 4.70. The maximum atomic E-state index is 10.5. The number of hydrogen-bond acceptors (Lipinski definition) is 6. The molecule has 0 amide bonds. The number of carbonyl (C=O) groups is 2. The first-order valence-electron chi connectivity index (χ1n) is 6.90. The van der Waals surface area contributed by atoms with Crippen LogP contribution in [0.4, 0.5) is 0 Å². The maximum Gasteiger partial charge on any atom is 0.334 e. The van der Waals surface area contributed by atoms with E-state index in [1.807, 2.05) is 6.92 Å². The van der Waals surface area contributed by atoms with Gasteiger partial charge in [0.2, 0.25) is 0 Å². The lowest BCUT2D eigenvalue weighted by Gasteiger charge is -2.12. The zero-order valence-electron chi connectivity index (χ0n) is 13.1. The summed E-state index contributed by atoms with van der Waals surface area (Å²) < 4.78 is 9.42. The summed E-state index contributed by atoms with van der Waals surface area (Å²) in [5, 5.41) is 17.5. The van der Waals surface area contributed by atoms with Crippen molar-refractivity contribution in [2.45, 2.75) is 72.2 Å². The van der Waals surface area contributed by atoms with Crippen molar-refractivity contribution in [1.82, 2.24) is 0 Å². The average molecular weight is 292 g/mol. The standard InChI is InChI=1S/2C7H14O3/c1-5(8)4-6(2)10-7(3)9;1-3-4-5-10-7(9)6(2)8/h5-6,8H,4H2,1-3H3;6,8H,3-5H2,1-2H3. The molecule has 0 aliphatic carbocycles. The van der Waals surface area contributed by atoms with Crippen molar-refractivity contribution in [2.75, 3.05) is 6.61 Å². The predicted octanol–water partition coefficient (Wildman–Crippen LogP) is 1.42. The van der Waals surface area contributed by atoms with Crippen LogP contribution in [0.15, 0.2) is 0 Å². The van der Waals surface area contributed by atoms with E-state index in [1.54, 1.807) is 13.8 Å². The van der Waals surface area contributed by atoms with Gasteiger partial charge in [-0.2, -0.15) is 0 Å². The van der Waals surface area contributed by atoms with E-state index in [0.717, 1.165) is 12.8 Å². The minimum atomic E-state index is -0.989. The lowest BCUT2D eigenvalue weighted by Crippen LogP contribution is -2.19. The Morgan fingerprint density at radius 3 is 2.05 bits per heavy atom. The first-order valence-corrected chi connectivity index (χ1v) is 6.90. The van der Waals surface area contributed by atoms with Gasteiger partial charge in [0, 0.05) is 13.3 Å². The third-order valence-corrected chi connectivity index (χ3v) is 2.12. The van der Waals surface area contributed by atoms with Crippen molar-refractivity contribution < 1.29 is 29.3 Å². The SMILES string of the molecule is CC(=O)OC(C)CC(C)O.CCCCOC(=O)C(C)O. The maximum absolute atomic E-state index is 10.5.